The Morgan fingerprint density at radius 2 is 1.71 bits per heavy atom. The Hall–Kier alpha value is -0.190. The van der Waals surface area contributed by atoms with Crippen molar-refractivity contribution in [3.63, 3.8) is 0 Å². The largest absolute Gasteiger partial charge is 0.385 e. The average Bonchev–Trinajstić information content (AvgIpc) is 1.65. The van der Waals surface area contributed by atoms with Gasteiger partial charge in [-0.05, 0) is 0 Å². The average molecular weight is 110 g/mol. The van der Waals surface area contributed by atoms with Crippen LogP contribution in [-0.2, 0) is 0 Å². The maximum Gasteiger partial charge on any atom is 0.180 e. The summed E-state index contributed by atoms with van der Waals surface area (Å²) >= 11 is 0. The van der Waals surface area contributed by atoms with Crippen LogP contribution in [0, 0.1) is 0 Å². The molecule has 0 aliphatic heterocycles. The number of halogens is 1. The zero-order chi connectivity index (χ0) is 5.86. The van der Waals surface area contributed by atoms with Crippen LogP contribution in [0.15, 0.2) is 0 Å². The highest BCUT2D eigenvalue weighted by atomic mass is 19.1. The third-order valence-corrected chi connectivity index (χ3v) is 0.502. The Labute approximate surface area is 40.0 Å². The van der Waals surface area contributed by atoms with Gasteiger partial charge in [-0.1, -0.05) is 0 Å². The van der Waals surface area contributed by atoms with Crippen LogP contribution in [0.25, 0.3) is 0 Å². The molecule has 0 amide bonds. The molecule has 0 bridgehead atoms. The Balaban J connectivity index is 3.14. The van der Waals surface area contributed by atoms with Crippen LogP contribution in [0.1, 0.15) is 0 Å². The molecule has 0 rings (SSSR count). The number of hydrogen-bond donors (Lipinski definition) is 3. The predicted octanol–water partition coefficient (Wildman–Crippen LogP) is -1.37. The molecule has 0 aromatic rings. The fourth-order valence-electron chi connectivity index (χ4n) is 0.0797. The minimum absolute atomic E-state index is 1.13. The molecule has 44 valence electrons. The van der Waals surface area contributed by atoms with E-state index in [4.69, 9.17) is 15.3 Å². The highest BCUT2D eigenvalue weighted by Gasteiger charge is 2.10. The van der Waals surface area contributed by atoms with Crippen molar-refractivity contribution in [1.29, 1.82) is 0 Å². The maximum atomic E-state index is 11.1. The fraction of sp³-hybridized carbons (Fsp3) is 1.00. The van der Waals surface area contributed by atoms with Crippen LogP contribution in [-0.4, -0.2) is 34.4 Å². The van der Waals surface area contributed by atoms with Gasteiger partial charge in [-0.25, -0.2) is 4.39 Å². The smallest absolute Gasteiger partial charge is 0.180 e. The molecule has 7 heavy (non-hydrogen) atoms. The van der Waals surface area contributed by atoms with Crippen LogP contribution in [0.4, 0.5) is 4.39 Å². The molecule has 0 fully saturated rings. The van der Waals surface area contributed by atoms with Gasteiger partial charge in [-0.15, -0.1) is 0 Å². The second-order valence-electron chi connectivity index (χ2n) is 1.14. The Morgan fingerprint density at radius 1 is 1.29 bits per heavy atom. The summed E-state index contributed by atoms with van der Waals surface area (Å²) in [6, 6.07) is 0. The molecule has 0 aliphatic rings. The molecular formula is C3H7FO3. The van der Waals surface area contributed by atoms with E-state index in [0.29, 0.717) is 0 Å². The highest BCUT2D eigenvalue weighted by Crippen LogP contribution is 1.87. The Morgan fingerprint density at radius 3 is 1.71 bits per heavy atom. The van der Waals surface area contributed by atoms with Crippen molar-refractivity contribution in [2.75, 3.05) is 6.67 Å². The second-order valence-corrected chi connectivity index (χ2v) is 1.14. The molecule has 3 nitrogen and oxygen atoms in total. The molecule has 0 saturated carbocycles. The summed E-state index contributed by atoms with van der Waals surface area (Å²) in [5, 5.41) is 23.8. The summed E-state index contributed by atoms with van der Waals surface area (Å²) in [7, 11) is 0. The Bertz CT molecular complexity index is 47.4. The van der Waals surface area contributed by atoms with Crippen molar-refractivity contribution in [2.24, 2.45) is 0 Å². The zero-order valence-corrected chi connectivity index (χ0v) is 3.58. The molecule has 1 unspecified atom stereocenters. The van der Waals surface area contributed by atoms with E-state index in [-0.39, 0.29) is 0 Å². The first kappa shape index (κ1) is 6.81. The molecule has 0 aliphatic carbocycles. The van der Waals surface area contributed by atoms with E-state index in [1.165, 1.54) is 0 Å². The third-order valence-electron chi connectivity index (χ3n) is 0.502. The van der Waals surface area contributed by atoms with Gasteiger partial charge in [-0.2, -0.15) is 0 Å². The van der Waals surface area contributed by atoms with E-state index >= 15 is 0 Å². The number of rotatable bonds is 2. The molecule has 0 heterocycles. The molecular weight excluding hydrogens is 103 g/mol. The van der Waals surface area contributed by atoms with Crippen molar-refractivity contribution in [3.05, 3.63) is 0 Å². The lowest BCUT2D eigenvalue weighted by Gasteiger charge is -2.05. The SMILES string of the molecule is OC(O)C(O)CF. The van der Waals surface area contributed by atoms with Gasteiger partial charge in [0.2, 0.25) is 0 Å². The van der Waals surface area contributed by atoms with Crippen molar-refractivity contribution in [1.82, 2.24) is 0 Å². The lowest BCUT2D eigenvalue weighted by Crippen LogP contribution is -2.26. The van der Waals surface area contributed by atoms with Gasteiger partial charge in [0.1, 0.15) is 12.8 Å². The van der Waals surface area contributed by atoms with Crippen molar-refractivity contribution < 1.29 is 19.7 Å². The summed E-state index contributed by atoms with van der Waals surface area (Å²) in [5.74, 6) is 0. The van der Waals surface area contributed by atoms with Crippen LogP contribution < -0.4 is 0 Å². The van der Waals surface area contributed by atoms with Crippen LogP contribution in [0.5, 0.6) is 0 Å². The van der Waals surface area contributed by atoms with Gasteiger partial charge in [0.05, 0.1) is 0 Å². The number of aliphatic hydroxyl groups is 3. The van der Waals surface area contributed by atoms with Crippen molar-refractivity contribution >= 4 is 0 Å². The van der Waals surface area contributed by atoms with E-state index in [1.54, 1.807) is 0 Å². The van der Waals surface area contributed by atoms with Crippen molar-refractivity contribution in [3.8, 4) is 0 Å². The van der Waals surface area contributed by atoms with E-state index in [1.807, 2.05) is 0 Å². The van der Waals surface area contributed by atoms with Gasteiger partial charge < -0.3 is 15.3 Å². The predicted molar refractivity (Wildman–Crippen MR) is 20.2 cm³/mol. The first-order valence-electron chi connectivity index (χ1n) is 1.78. The first-order valence-corrected chi connectivity index (χ1v) is 1.78. The minimum Gasteiger partial charge on any atom is -0.385 e. The molecule has 0 saturated heterocycles. The summed E-state index contributed by atoms with van der Waals surface area (Å²) < 4.78 is 11.1. The second kappa shape index (κ2) is 2.90. The standard InChI is InChI=1S/C3H7FO3/c4-1-2(5)3(6)7/h2-3,5-7H,1H2. The number of alkyl halides is 1. The summed E-state index contributed by atoms with van der Waals surface area (Å²) in [6.07, 6.45) is -3.61. The normalized spacial score (nSPS) is 15.0. The summed E-state index contributed by atoms with van der Waals surface area (Å²) in [5.41, 5.74) is 0. The van der Waals surface area contributed by atoms with Gasteiger partial charge >= 0.3 is 0 Å². The maximum absolute atomic E-state index is 11.1. The molecule has 0 aromatic carbocycles. The first-order chi connectivity index (χ1) is 3.18. The zero-order valence-electron chi connectivity index (χ0n) is 3.58. The Kier molecular flexibility index (Phi) is 2.82. The van der Waals surface area contributed by atoms with Crippen LogP contribution >= 0.6 is 0 Å². The van der Waals surface area contributed by atoms with E-state index < -0.39 is 19.1 Å². The molecule has 0 radical (unpaired) electrons. The van der Waals surface area contributed by atoms with Crippen LogP contribution in [0.2, 0.25) is 0 Å². The topological polar surface area (TPSA) is 60.7 Å². The molecule has 4 heteroatoms. The minimum atomic E-state index is -1.95. The lowest BCUT2D eigenvalue weighted by molar-refractivity contribution is -0.126. The lowest BCUT2D eigenvalue weighted by atomic mass is 10.4. The van der Waals surface area contributed by atoms with E-state index in [2.05, 4.69) is 0 Å². The van der Waals surface area contributed by atoms with Crippen molar-refractivity contribution in [2.45, 2.75) is 12.4 Å². The van der Waals surface area contributed by atoms with Gasteiger partial charge in [0.25, 0.3) is 0 Å². The van der Waals surface area contributed by atoms with Gasteiger partial charge in [0.15, 0.2) is 6.29 Å². The summed E-state index contributed by atoms with van der Waals surface area (Å²) in [6.45, 7) is -1.13. The third kappa shape index (κ3) is 2.50. The monoisotopic (exact) mass is 110 g/mol. The number of hydrogen-bond acceptors (Lipinski definition) is 3. The quantitative estimate of drug-likeness (QED) is 0.384. The van der Waals surface area contributed by atoms with Gasteiger partial charge in [0, 0.05) is 0 Å². The van der Waals surface area contributed by atoms with Crippen LogP contribution in [0.3, 0.4) is 0 Å². The molecule has 0 spiro atoms. The van der Waals surface area contributed by atoms with Gasteiger partial charge in [-0.3, -0.25) is 0 Å². The highest BCUT2D eigenvalue weighted by molar-refractivity contribution is 4.51. The number of aliphatic hydroxyl groups excluding tert-OH is 2. The molecule has 0 aromatic heterocycles. The summed E-state index contributed by atoms with van der Waals surface area (Å²) in [4.78, 5) is 0. The fourth-order valence-corrected chi connectivity index (χ4v) is 0.0797. The van der Waals surface area contributed by atoms with E-state index in [9.17, 15) is 4.39 Å². The van der Waals surface area contributed by atoms with E-state index in [0.717, 1.165) is 0 Å². The molecule has 1 atom stereocenters. The molecule has 3 N–H and O–H groups in total.